The maximum absolute atomic E-state index is 11.9. The maximum Gasteiger partial charge on any atom is 0.241 e. The van der Waals surface area contributed by atoms with Crippen LogP contribution in [0, 0.1) is 0 Å². The zero-order valence-corrected chi connectivity index (χ0v) is 11.8. The monoisotopic (exact) mass is 277 g/mol. The number of hydrogen-bond donors (Lipinski definition) is 3. The molecule has 6 heteroatoms. The van der Waals surface area contributed by atoms with Crippen molar-refractivity contribution in [3.63, 3.8) is 0 Å². The Morgan fingerprint density at radius 2 is 1.95 bits per heavy atom. The molecule has 0 aromatic heterocycles. The zero-order valence-electron chi connectivity index (χ0n) is 11.8. The Labute approximate surface area is 117 Å². The van der Waals surface area contributed by atoms with Crippen LogP contribution in [-0.4, -0.2) is 37.2 Å². The molecule has 0 heterocycles. The summed E-state index contributed by atoms with van der Waals surface area (Å²) >= 11 is 0. The van der Waals surface area contributed by atoms with Gasteiger partial charge in [0.05, 0.1) is 12.6 Å². The quantitative estimate of drug-likeness (QED) is 0.663. The maximum atomic E-state index is 11.9. The molecule has 1 aromatic carbocycles. The van der Waals surface area contributed by atoms with Crippen LogP contribution in [0.3, 0.4) is 0 Å². The van der Waals surface area contributed by atoms with Crippen molar-refractivity contribution in [2.24, 2.45) is 0 Å². The van der Waals surface area contributed by atoms with Crippen LogP contribution in [0.4, 0.5) is 5.69 Å². The van der Waals surface area contributed by atoms with Crippen molar-refractivity contribution in [3.8, 4) is 0 Å². The molecule has 1 rings (SSSR count). The van der Waals surface area contributed by atoms with Gasteiger partial charge in [-0.3, -0.25) is 19.7 Å². The van der Waals surface area contributed by atoms with E-state index in [1.54, 1.807) is 31.2 Å². The summed E-state index contributed by atoms with van der Waals surface area (Å²) in [5, 5.41) is 7.95. The van der Waals surface area contributed by atoms with Crippen LogP contribution in [0.25, 0.3) is 0 Å². The number of amides is 2. The van der Waals surface area contributed by atoms with E-state index >= 15 is 0 Å². The van der Waals surface area contributed by atoms with Gasteiger partial charge >= 0.3 is 0 Å². The predicted molar refractivity (Wildman–Crippen MR) is 76.6 cm³/mol. The van der Waals surface area contributed by atoms with Crippen LogP contribution in [0.1, 0.15) is 24.2 Å². The third-order valence-electron chi connectivity index (χ3n) is 2.78. The summed E-state index contributed by atoms with van der Waals surface area (Å²) in [4.78, 5) is 34.2. The van der Waals surface area contributed by atoms with Crippen LogP contribution >= 0.6 is 0 Å². The number of carbonyl (C=O) groups is 3. The largest absolute Gasteiger partial charge is 0.358 e. The third kappa shape index (κ3) is 4.81. The topological polar surface area (TPSA) is 87.3 Å². The van der Waals surface area contributed by atoms with E-state index in [0.29, 0.717) is 11.3 Å². The first-order valence-corrected chi connectivity index (χ1v) is 6.30. The Bertz CT molecular complexity index is 514. The number of carbonyl (C=O) groups excluding carboxylic acids is 3. The summed E-state index contributed by atoms with van der Waals surface area (Å²) in [5.74, 6) is -0.523. The van der Waals surface area contributed by atoms with Crippen LogP contribution in [0.5, 0.6) is 0 Å². The predicted octanol–water partition coefficient (Wildman–Crippen LogP) is 0.552. The lowest BCUT2D eigenvalue weighted by molar-refractivity contribution is -0.120. The summed E-state index contributed by atoms with van der Waals surface area (Å²) in [7, 11) is 1.53. The molecule has 0 saturated heterocycles. The number of likely N-dealkylation sites (N-methyl/N-ethyl adjacent to an activating group) is 1. The Hall–Kier alpha value is -2.21. The van der Waals surface area contributed by atoms with E-state index < -0.39 is 6.04 Å². The van der Waals surface area contributed by atoms with Crippen LogP contribution in [0.15, 0.2) is 24.3 Å². The van der Waals surface area contributed by atoms with Crippen LogP contribution in [0.2, 0.25) is 0 Å². The van der Waals surface area contributed by atoms with Gasteiger partial charge in [0.2, 0.25) is 11.8 Å². The van der Waals surface area contributed by atoms with Crippen LogP contribution < -0.4 is 16.0 Å². The van der Waals surface area contributed by atoms with E-state index in [-0.39, 0.29) is 24.1 Å². The standard InChI is InChI=1S/C14H19N3O3/c1-9(16-8-13(19)15-3)14(20)17-12-6-4-5-11(7-12)10(2)18/h4-7,9,16H,8H2,1-3H3,(H,15,19)(H,17,20)/t9-/m0/s1. The number of rotatable bonds is 6. The van der Waals surface area contributed by atoms with Crippen molar-refractivity contribution in [2.45, 2.75) is 19.9 Å². The summed E-state index contributed by atoms with van der Waals surface area (Å²) in [6, 6.07) is 6.19. The highest BCUT2D eigenvalue weighted by molar-refractivity contribution is 5.98. The zero-order chi connectivity index (χ0) is 15.1. The molecule has 0 aliphatic carbocycles. The molecule has 1 aromatic rings. The molecule has 0 bridgehead atoms. The molecule has 0 spiro atoms. The lowest BCUT2D eigenvalue weighted by Gasteiger charge is -2.13. The minimum Gasteiger partial charge on any atom is -0.358 e. The number of Topliss-reactive ketones (excluding diaryl/α,β-unsaturated/α-hetero) is 1. The SMILES string of the molecule is CNC(=O)CN[C@@H](C)C(=O)Nc1cccc(C(C)=O)c1. The molecule has 1 atom stereocenters. The van der Waals surface area contributed by atoms with Crippen LogP contribution in [-0.2, 0) is 9.59 Å². The molecule has 3 N–H and O–H groups in total. The molecule has 0 radical (unpaired) electrons. The summed E-state index contributed by atoms with van der Waals surface area (Å²) in [6.45, 7) is 3.19. The van der Waals surface area contributed by atoms with Gasteiger partial charge in [-0.1, -0.05) is 12.1 Å². The van der Waals surface area contributed by atoms with Crippen molar-refractivity contribution in [1.29, 1.82) is 0 Å². The first-order chi connectivity index (χ1) is 9.43. The Balaban J connectivity index is 2.59. The molecule has 0 unspecified atom stereocenters. The van der Waals surface area contributed by atoms with Gasteiger partial charge in [-0.2, -0.15) is 0 Å². The summed E-state index contributed by atoms with van der Waals surface area (Å²) in [6.07, 6.45) is 0. The fourth-order valence-corrected chi connectivity index (χ4v) is 1.49. The van der Waals surface area contributed by atoms with Crippen molar-refractivity contribution < 1.29 is 14.4 Å². The molecule has 0 aliphatic heterocycles. The number of nitrogens with one attached hydrogen (secondary N) is 3. The van der Waals surface area contributed by atoms with Gasteiger partial charge in [0.15, 0.2) is 5.78 Å². The second kappa shape index (κ2) is 7.40. The summed E-state index contributed by atoms with van der Waals surface area (Å²) in [5.41, 5.74) is 1.09. The smallest absolute Gasteiger partial charge is 0.241 e. The highest BCUT2D eigenvalue weighted by Crippen LogP contribution is 2.11. The van der Waals surface area contributed by atoms with Gasteiger partial charge in [-0.05, 0) is 26.0 Å². The van der Waals surface area contributed by atoms with Gasteiger partial charge in [0, 0.05) is 18.3 Å². The normalized spacial score (nSPS) is 11.6. The van der Waals surface area contributed by atoms with Crippen molar-refractivity contribution >= 4 is 23.3 Å². The second-order valence-electron chi connectivity index (χ2n) is 4.40. The van der Waals surface area contributed by atoms with Gasteiger partial charge in [0.1, 0.15) is 0 Å². The first kappa shape index (κ1) is 15.8. The Morgan fingerprint density at radius 1 is 1.25 bits per heavy atom. The van der Waals surface area contributed by atoms with Gasteiger partial charge in [0.25, 0.3) is 0 Å². The Morgan fingerprint density at radius 3 is 2.55 bits per heavy atom. The third-order valence-corrected chi connectivity index (χ3v) is 2.78. The number of ketones is 1. The number of anilines is 1. The van der Waals surface area contributed by atoms with E-state index in [0.717, 1.165) is 0 Å². The molecular weight excluding hydrogens is 258 g/mol. The van der Waals surface area contributed by atoms with Crippen molar-refractivity contribution in [1.82, 2.24) is 10.6 Å². The number of hydrogen-bond acceptors (Lipinski definition) is 4. The molecule has 108 valence electrons. The second-order valence-corrected chi connectivity index (χ2v) is 4.40. The lowest BCUT2D eigenvalue weighted by Crippen LogP contribution is -2.42. The average Bonchev–Trinajstić information content (AvgIpc) is 2.44. The lowest BCUT2D eigenvalue weighted by atomic mass is 10.1. The minimum absolute atomic E-state index is 0.0631. The fourth-order valence-electron chi connectivity index (χ4n) is 1.49. The van der Waals surface area contributed by atoms with E-state index in [2.05, 4.69) is 16.0 Å². The van der Waals surface area contributed by atoms with E-state index in [1.807, 2.05) is 0 Å². The molecule has 0 fully saturated rings. The van der Waals surface area contributed by atoms with Gasteiger partial charge in [-0.15, -0.1) is 0 Å². The molecule has 20 heavy (non-hydrogen) atoms. The summed E-state index contributed by atoms with van der Waals surface area (Å²) < 4.78 is 0. The molecule has 0 saturated carbocycles. The van der Waals surface area contributed by atoms with E-state index in [1.165, 1.54) is 14.0 Å². The molecule has 0 aliphatic rings. The fraction of sp³-hybridized carbons (Fsp3) is 0.357. The van der Waals surface area contributed by atoms with Crippen molar-refractivity contribution in [3.05, 3.63) is 29.8 Å². The Kier molecular flexibility index (Phi) is 5.86. The highest BCUT2D eigenvalue weighted by atomic mass is 16.2. The molecular formula is C14H19N3O3. The highest BCUT2D eigenvalue weighted by Gasteiger charge is 2.13. The van der Waals surface area contributed by atoms with E-state index in [4.69, 9.17) is 0 Å². The van der Waals surface area contributed by atoms with Gasteiger partial charge in [-0.25, -0.2) is 0 Å². The molecule has 2 amide bonds. The number of benzene rings is 1. The van der Waals surface area contributed by atoms with Crippen molar-refractivity contribution in [2.75, 3.05) is 18.9 Å². The first-order valence-electron chi connectivity index (χ1n) is 6.30. The minimum atomic E-state index is -0.520. The van der Waals surface area contributed by atoms with Gasteiger partial charge < -0.3 is 10.6 Å². The van der Waals surface area contributed by atoms with E-state index in [9.17, 15) is 14.4 Å². The average molecular weight is 277 g/mol. The molecule has 6 nitrogen and oxygen atoms in total.